The van der Waals surface area contributed by atoms with E-state index in [1.165, 1.54) is 18.6 Å². The van der Waals surface area contributed by atoms with Crippen molar-refractivity contribution >= 4 is 11.8 Å². The number of nitrogens with zero attached hydrogens (tertiary/aromatic N) is 2. The third-order valence-electron chi connectivity index (χ3n) is 2.42. The molecule has 1 fully saturated rings. The first kappa shape index (κ1) is 9.89. The van der Waals surface area contributed by atoms with Gasteiger partial charge in [0.2, 0.25) is 0 Å². The van der Waals surface area contributed by atoms with Crippen LogP contribution in [0, 0.1) is 0 Å². The Bertz CT molecular complexity index is 273. The zero-order chi connectivity index (χ0) is 9.80. The van der Waals surface area contributed by atoms with Crippen LogP contribution in [-0.2, 0) is 0 Å². The first-order valence-electron chi connectivity index (χ1n) is 4.75. The molecule has 0 spiro atoms. The quantitative estimate of drug-likeness (QED) is 0.572. The number of hydrogen-bond acceptors (Lipinski definition) is 5. The summed E-state index contributed by atoms with van der Waals surface area (Å²) in [4.78, 5) is 8.33. The van der Waals surface area contributed by atoms with E-state index in [0.29, 0.717) is 5.25 Å². The predicted molar refractivity (Wildman–Crippen MR) is 57.6 cm³/mol. The lowest BCUT2D eigenvalue weighted by Crippen LogP contribution is -2.34. The molecule has 14 heavy (non-hydrogen) atoms. The van der Waals surface area contributed by atoms with E-state index in [1.807, 2.05) is 11.8 Å². The minimum atomic E-state index is 0.135. The van der Waals surface area contributed by atoms with Gasteiger partial charge in [-0.3, -0.25) is 21.2 Å². The molecular formula is C9H14N4S. The highest BCUT2D eigenvalue weighted by molar-refractivity contribution is 8.00. The zero-order valence-electron chi connectivity index (χ0n) is 7.89. The molecule has 0 amide bonds. The predicted octanol–water partition coefficient (Wildman–Crippen LogP) is 0.877. The number of thioether (sulfide) groups is 1. The SMILES string of the molecule is NNC(c1cnccn1)C1CCCS1. The number of nitrogens with two attached hydrogens (primary N) is 1. The lowest BCUT2D eigenvalue weighted by atomic mass is 10.1. The number of hydrazine groups is 1. The van der Waals surface area contributed by atoms with Crippen LogP contribution in [0.25, 0.3) is 0 Å². The van der Waals surface area contributed by atoms with Gasteiger partial charge in [0, 0.05) is 17.6 Å². The van der Waals surface area contributed by atoms with Crippen LogP contribution in [0.3, 0.4) is 0 Å². The third-order valence-corrected chi connectivity index (χ3v) is 3.88. The number of rotatable bonds is 3. The summed E-state index contributed by atoms with van der Waals surface area (Å²) in [6, 6.07) is 0.135. The Morgan fingerprint density at radius 1 is 1.57 bits per heavy atom. The molecule has 1 aliphatic heterocycles. The van der Waals surface area contributed by atoms with Gasteiger partial charge in [0.05, 0.1) is 17.9 Å². The van der Waals surface area contributed by atoms with Crippen LogP contribution in [0.1, 0.15) is 24.6 Å². The molecule has 2 atom stereocenters. The van der Waals surface area contributed by atoms with Crippen molar-refractivity contribution in [3.05, 3.63) is 24.3 Å². The molecule has 0 radical (unpaired) electrons. The molecule has 2 heterocycles. The molecule has 0 aromatic carbocycles. The highest BCUT2D eigenvalue weighted by Gasteiger charge is 2.26. The van der Waals surface area contributed by atoms with E-state index in [2.05, 4.69) is 15.4 Å². The van der Waals surface area contributed by atoms with E-state index in [1.54, 1.807) is 18.6 Å². The zero-order valence-corrected chi connectivity index (χ0v) is 8.70. The van der Waals surface area contributed by atoms with Gasteiger partial charge < -0.3 is 0 Å². The van der Waals surface area contributed by atoms with Crippen LogP contribution >= 0.6 is 11.8 Å². The molecule has 0 bridgehead atoms. The second-order valence-corrected chi connectivity index (χ2v) is 4.67. The van der Waals surface area contributed by atoms with Crippen molar-refractivity contribution in [1.82, 2.24) is 15.4 Å². The maximum absolute atomic E-state index is 5.55. The van der Waals surface area contributed by atoms with Crippen molar-refractivity contribution in [3.8, 4) is 0 Å². The van der Waals surface area contributed by atoms with Crippen molar-refractivity contribution in [1.29, 1.82) is 0 Å². The van der Waals surface area contributed by atoms with E-state index < -0.39 is 0 Å². The average molecular weight is 210 g/mol. The van der Waals surface area contributed by atoms with Crippen LogP contribution < -0.4 is 11.3 Å². The summed E-state index contributed by atoms with van der Waals surface area (Å²) >= 11 is 1.96. The van der Waals surface area contributed by atoms with E-state index in [-0.39, 0.29) is 6.04 Å². The van der Waals surface area contributed by atoms with Gasteiger partial charge in [-0.2, -0.15) is 11.8 Å². The summed E-state index contributed by atoms with van der Waals surface area (Å²) in [7, 11) is 0. The summed E-state index contributed by atoms with van der Waals surface area (Å²) in [5, 5.41) is 0.539. The van der Waals surface area contributed by atoms with Crippen LogP contribution in [0.5, 0.6) is 0 Å². The number of hydrogen-bond donors (Lipinski definition) is 2. The number of aromatic nitrogens is 2. The summed E-state index contributed by atoms with van der Waals surface area (Å²) in [6.07, 6.45) is 7.64. The molecule has 0 aliphatic carbocycles. The van der Waals surface area contributed by atoms with Crippen LogP contribution in [0.2, 0.25) is 0 Å². The molecule has 2 rings (SSSR count). The Morgan fingerprint density at radius 3 is 3.07 bits per heavy atom. The molecule has 5 heteroatoms. The molecule has 76 valence electrons. The fraction of sp³-hybridized carbons (Fsp3) is 0.556. The molecule has 1 aliphatic rings. The first-order chi connectivity index (χ1) is 6.92. The molecule has 1 aromatic rings. The van der Waals surface area contributed by atoms with Gasteiger partial charge in [0.1, 0.15) is 0 Å². The van der Waals surface area contributed by atoms with Crippen LogP contribution in [0.4, 0.5) is 0 Å². The maximum Gasteiger partial charge on any atom is 0.0780 e. The van der Waals surface area contributed by atoms with Crippen molar-refractivity contribution in [2.75, 3.05) is 5.75 Å². The second-order valence-electron chi connectivity index (χ2n) is 3.33. The van der Waals surface area contributed by atoms with E-state index in [0.717, 1.165) is 5.69 Å². The average Bonchev–Trinajstić information content (AvgIpc) is 2.74. The molecule has 1 aromatic heterocycles. The minimum absolute atomic E-state index is 0.135. The van der Waals surface area contributed by atoms with Gasteiger partial charge >= 0.3 is 0 Å². The van der Waals surface area contributed by atoms with E-state index in [4.69, 9.17) is 5.84 Å². The largest absolute Gasteiger partial charge is 0.271 e. The van der Waals surface area contributed by atoms with E-state index >= 15 is 0 Å². The van der Waals surface area contributed by atoms with Gasteiger partial charge in [0.25, 0.3) is 0 Å². The summed E-state index contributed by atoms with van der Waals surface area (Å²) in [6.45, 7) is 0. The maximum atomic E-state index is 5.55. The summed E-state index contributed by atoms with van der Waals surface area (Å²) in [5.74, 6) is 6.78. The first-order valence-corrected chi connectivity index (χ1v) is 5.80. The summed E-state index contributed by atoms with van der Waals surface area (Å²) in [5.41, 5.74) is 3.78. The van der Waals surface area contributed by atoms with Gasteiger partial charge in [-0.25, -0.2) is 0 Å². The Kier molecular flexibility index (Phi) is 3.34. The fourth-order valence-electron chi connectivity index (χ4n) is 1.72. The Hall–Kier alpha value is -0.650. The fourth-order valence-corrected chi connectivity index (χ4v) is 3.10. The van der Waals surface area contributed by atoms with Crippen molar-refractivity contribution in [3.63, 3.8) is 0 Å². The van der Waals surface area contributed by atoms with Crippen molar-refractivity contribution < 1.29 is 0 Å². The smallest absolute Gasteiger partial charge is 0.0780 e. The Balaban J connectivity index is 2.12. The highest BCUT2D eigenvalue weighted by Crippen LogP contribution is 2.34. The van der Waals surface area contributed by atoms with E-state index in [9.17, 15) is 0 Å². The van der Waals surface area contributed by atoms with Crippen LogP contribution in [-0.4, -0.2) is 21.0 Å². The van der Waals surface area contributed by atoms with Gasteiger partial charge in [0.15, 0.2) is 0 Å². The Morgan fingerprint density at radius 2 is 2.50 bits per heavy atom. The van der Waals surface area contributed by atoms with Gasteiger partial charge in [-0.15, -0.1) is 0 Å². The minimum Gasteiger partial charge on any atom is -0.271 e. The molecule has 0 saturated carbocycles. The van der Waals surface area contributed by atoms with Crippen molar-refractivity contribution in [2.45, 2.75) is 24.1 Å². The molecule has 3 N–H and O–H groups in total. The monoisotopic (exact) mass is 210 g/mol. The van der Waals surface area contributed by atoms with Crippen molar-refractivity contribution in [2.24, 2.45) is 5.84 Å². The highest BCUT2D eigenvalue weighted by atomic mass is 32.2. The second kappa shape index (κ2) is 4.72. The summed E-state index contributed by atoms with van der Waals surface area (Å²) < 4.78 is 0. The standard InChI is InChI=1S/C9H14N4S/c10-13-9(8-2-1-5-14-8)7-6-11-3-4-12-7/h3-4,6,8-9,13H,1-2,5,10H2. The molecular weight excluding hydrogens is 196 g/mol. The topological polar surface area (TPSA) is 63.8 Å². The lowest BCUT2D eigenvalue weighted by Gasteiger charge is -2.20. The Labute approximate surface area is 87.7 Å². The number of nitrogens with one attached hydrogen (secondary N) is 1. The van der Waals surface area contributed by atoms with Crippen LogP contribution in [0.15, 0.2) is 18.6 Å². The molecule has 1 saturated heterocycles. The van der Waals surface area contributed by atoms with Gasteiger partial charge in [-0.05, 0) is 18.6 Å². The third kappa shape index (κ3) is 2.05. The molecule has 4 nitrogen and oxygen atoms in total. The lowest BCUT2D eigenvalue weighted by molar-refractivity contribution is 0.507. The van der Waals surface area contributed by atoms with Gasteiger partial charge in [-0.1, -0.05) is 0 Å². The molecule has 2 unspecified atom stereocenters. The normalized spacial score (nSPS) is 23.6.